The number of rotatable bonds is 4. The highest BCUT2D eigenvalue weighted by Gasteiger charge is 2.07. The quantitative estimate of drug-likeness (QED) is 0.923. The van der Waals surface area contributed by atoms with Crippen molar-refractivity contribution in [2.75, 3.05) is 5.73 Å². The maximum absolute atomic E-state index is 12.0. The SMILES string of the molecule is CCc1cc(N)nc(-c2ccc(OC(F)F)cc2)n1. The van der Waals surface area contributed by atoms with E-state index < -0.39 is 6.61 Å². The van der Waals surface area contributed by atoms with Gasteiger partial charge in [-0.1, -0.05) is 6.92 Å². The third-order valence-electron chi connectivity index (χ3n) is 2.50. The zero-order valence-electron chi connectivity index (χ0n) is 10.3. The second-order valence-corrected chi connectivity index (χ2v) is 3.86. The molecule has 1 aromatic heterocycles. The van der Waals surface area contributed by atoms with Crippen molar-refractivity contribution < 1.29 is 13.5 Å². The van der Waals surface area contributed by atoms with Crippen molar-refractivity contribution in [3.63, 3.8) is 0 Å². The van der Waals surface area contributed by atoms with Gasteiger partial charge in [-0.2, -0.15) is 8.78 Å². The fourth-order valence-corrected chi connectivity index (χ4v) is 1.61. The van der Waals surface area contributed by atoms with Crippen molar-refractivity contribution in [3.05, 3.63) is 36.0 Å². The molecule has 1 aromatic carbocycles. The molecule has 100 valence electrons. The van der Waals surface area contributed by atoms with E-state index in [4.69, 9.17) is 5.73 Å². The van der Waals surface area contributed by atoms with Gasteiger partial charge >= 0.3 is 6.61 Å². The Kier molecular flexibility index (Phi) is 3.89. The van der Waals surface area contributed by atoms with Crippen LogP contribution in [0.4, 0.5) is 14.6 Å². The summed E-state index contributed by atoms with van der Waals surface area (Å²) in [6, 6.07) is 7.83. The highest BCUT2D eigenvalue weighted by atomic mass is 19.3. The molecule has 6 heteroatoms. The Morgan fingerprint density at radius 3 is 2.47 bits per heavy atom. The molecule has 19 heavy (non-hydrogen) atoms. The number of hydrogen-bond donors (Lipinski definition) is 1. The van der Waals surface area contributed by atoms with Gasteiger partial charge in [-0.05, 0) is 30.7 Å². The van der Waals surface area contributed by atoms with Crippen molar-refractivity contribution in [2.24, 2.45) is 0 Å². The molecule has 0 radical (unpaired) electrons. The molecule has 0 spiro atoms. The summed E-state index contributed by atoms with van der Waals surface area (Å²) in [6.07, 6.45) is 0.742. The maximum Gasteiger partial charge on any atom is 0.387 e. The van der Waals surface area contributed by atoms with Gasteiger partial charge in [0.05, 0.1) is 0 Å². The van der Waals surface area contributed by atoms with E-state index in [-0.39, 0.29) is 5.75 Å². The normalized spacial score (nSPS) is 10.7. The number of anilines is 1. The number of benzene rings is 1. The van der Waals surface area contributed by atoms with E-state index in [1.54, 1.807) is 18.2 Å². The maximum atomic E-state index is 12.0. The Hall–Kier alpha value is -2.24. The third-order valence-corrected chi connectivity index (χ3v) is 2.50. The van der Waals surface area contributed by atoms with Crippen LogP contribution in [-0.4, -0.2) is 16.6 Å². The highest BCUT2D eigenvalue weighted by Crippen LogP contribution is 2.21. The minimum Gasteiger partial charge on any atom is -0.435 e. The lowest BCUT2D eigenvalue weighted by atomic mass is 10.2. The summed E-state index contributed by atoms with van der Waals surface area (Å²) in [6.45, 7) is -0.869. The minimum absolute atomic E-state index is 0.0957. The number of halogens is 2. The summed E-state index contributed by atoms with van der Waals surface area (Å²) in [4.78, 5) is 8.45. The first-order valence-electron chi connectivity index (χ1n) is 5.77. The molecule has 2 rings (SSSR count). The minimum atomic E-state index is -2.83. The number of aryl methyl sites for hydroxylation is 1. The van der Waals surface area contributed by atoms with E-state index in [1.807, 2.05) is 6.92 Å². The van der Waals surface area contributed by atoms with E-state index in [1.165, 1.54) is 12.1 Å². The van der Waals surface area contributed by atoms with Crippen LogP contribution in [0.2, 0.25) is 0 Å². The lowest BCUT2D eigenvalue weighted by molar-refractivity contribution is -0.0498. The highest BCUT2D eigenvalue weighted by molar-refractivity contribution is 5.58. The van der Waals surface area contributed by atoms with E-state index in [0.717, 1.165) is 12.1 Å². The lowest BCUT2D eigenvalue weighted by Gasteiger charge is -2.06. The van der Waals surface area contributed by atoms with E-state index in [2.05, 4.69) is 14.7 Å². The number of nitrogens with zero attached hydrogens (tertiary/aromatic N) is 2. The molecule has 0 unspecified atom stereocenters. The predicted octanol–water partition coefficient (Wildman–Crippen LogP) is 2.89. The smallest absolute Gasteiger partial charge is 0.387 e. The van der Waals surface area contributed by atoms with Crippen LogP contribution in [0.3, 0.4) is 0 Å². The molecule has 0 saturated carbocycles. The van der Waals surface area contributed by atoms with Gasteiger partial charge in [-0.25, -0.2) is 9.97 Å². The molecule has 2 N–H and O–H groups in total. The first-order valence-corrected chi connectivity index (χ1v) is 5.77. The second kappa shape index (κ2) is 5.60. The molecule has 0 atom stereocenters. The summed E-state index contributed by atoms with van der Waals surface area (Å²) in [5.74, 6) is 0.952. The Labute approximate surface area is 109 Å². The Balaban J connectivity index is 2.29. The van der Waals surface area contributed by atoms with Crippen molar-refractivity contribution >= 4 is 5.82 Å². The largest absolute Gasteiger partial charge is 0.435 e. The van der Waals surface area contributed by atoms with E-state index >= 15 is 0 Å². The standard InChI is InChI=1S/C13H13F2N3O/c1-2-9-7-11(16)18-12(17-9)8-3-5-10(6-4-8)19-13(14)15/h3-7,13H,2H2,1H3,(H2,16,17,18). The van der Waals surface area contributed by atoms with Gasteiger partial charge in [0.25, 0.3) is 0 Å². The number of nitrogens with two attached hydrogens (primary N) is 1. The number of hydrogen-bond acceptors (Lipinski definition) is 4. The molecule has 0 aliphatic heterocycles. The lowest BCUT2D eigenvalue weighted by Crippen LogP contribution is -2.02. The van der Waals surface area contributed by atoms with Crippen LogP contribution in [-0.2, 0) is 6.42 Å². The van der Waals surface area contributed by atoms with Gasteiger partial charge < -0.3 is 10.5 Å². The third kappa shape index (κ3) is 3.37. The predicted molar refractivity (Wildman–Crippen MR) is 67.9 cm³/mol. The molecule has 0 fully saturated rings. The van der Waals surface area contributed by atoms with Crippen LogP contribution in [0.25, 0.3) is 11.4 Å². The van der Waals surface area contributed by atoms with Gasteiger partial charge in [0, 0.05) is 17.3 Å². The second-order valence-electron chi connectivity index (χ2n) is 3.86. The van der Waals surface area contributed by atoms with Gasteiger partial charge in [0.15, 0.2) is 5.82 Å². The van der Waals surface area contributed by atoms with Crippen LogP contribution >= 0.6 is 0 Å². The Bertz CT molecular complexity index is 558. The van der Waals surface area contributed by atoms with E-state index in [9.17, 15) is 8.78 Å². The fraction of sp³-hybridized carbons (Fsp3) is 0.231. The van der Waals surface area contributed by atoms with Crippen LogP contribution in [0, 0.1) is 0 Å². The molecule has 2 aromatic rings. The van der Waals surface area contributed by atoms with Crippen molar-refractivity contribution in [1.82, 2.24) is 9.97 Å². The van der Waals surface area contributed by atoms with Crippen LogP contribution in [0.1, 0.15) is 12.6 Å². The Morgan fingerprint density at radius 2 is 1.89 bits per heavy atom. The number of ether oxygens (including phenoxy) is 1. The van der Waals surface area contributed by atoms with Gasteiger partial charge in [-0.3, -0.25) is 0 Å². The Morgan fingerprint density at radius 1 is 1.21 bits per heavy atom. The van der Waals surface area contributed by atoms with Crippen LogP contribution < -0.4 is 10.5 Å². The number of nitrogen functional groups attached to an aromatic ring is 1. The first kappa shape index (κ1) is 13.2. The molecular formula is C13H13F2N3O. The first-order chi connectivity index (χ1) is 9.08. The zero-order chi connectivity index (χ0) is 13.8. The monoisotopic (exact) mass is 265 g/mol. The summed E-state index contributed by atoms with van der Waals surface area (Å²) in [7, 11) is 0. The number of alkyl halides is 2. The van der Waals surface area contributed by atoms with Crippen LogP contribution in [0.5, 0.6) is 5.75 Å². The van der Waals surface area contributed by atoms with Gasteiger partial charge in [0.1, 0.15) is 11.6 Å². The zero-order valence-corrected chi connectivity index (χ0v) is 10.3. The molecule has 0 amide bonds. The van der Waals surface area contributed by atoms with Crippen LogP contribution in [0.15, 0.2) is 30.3 Å². The van der Waals surface area contributed by atoms with Gasteiger partial charge in [-0.15, -0.1) is 0 Å². The van der Waals surface area contributed by atoms with Gasteiger partial charge in [0.2, 0.25) is 0 Å². The van der Waals surface area contributed by atoms with Crippen molar-refractivity contribution in [3.8, 4) is 17.1 Å². The molecule has 4 nitrogen and oxygen atoms in total. The molecule has 0 aliphatic rings. The molecular weight excluding hydrogens is 252 g/mol. The van der Waals surface area contributed by atoms with Crippen molar-refractivity contribution in [2.45, 2.75) is 20.0 Å². The summed E-state index contributed by atoms with van der Waals surface area (Å²) in [5, 5.41) is 0. The number of aromatic nitrogens is 2. The molecule has 1 heterocycles. The summed E-state index contributed by atoms with van der Waals surface area (Å²) >= 11 is 0. The topological polar surface area (TPSA) is 61.0 Å². The molecule has 0 aliphatic carbocycles. The van der Waals surface area contributed by atoms with Crippen molar-refractivity contribution in [1.29, 1.82) is 0 Å². The molecule has 0 bridgehead atoms. The average Bonchev–Trinajstić information content (AvgIpc) is 2.38. The molecule has 0 saturated heterocycles. The summed E-state index contributed by atoms with van der Waals surface area (Å²) < 4.78 is 28.3. The summed E-state index contributed by atoms with van der Waals surface area (Å²) in [5.41, 5.74) is 7.22. The van der Waals surface area contributed by atoms with E-state index in [0.29, 0.717) is 17.2 Å². The fourth-order valence-electron chi connectivity index (χ4n) is 1.61. The average molecular weight is 265 g/mol.